The summed E-state index contributed by atoms with van der Waals surface area (Å²) >= 11 is 0. The number of nitrogens with one attached hydrogen (secondary N) is 2. The number of carbonyl (C=O) groups is 1. The molecule has 0 unspecified atom stereocenters. The molecule has 0 aliphatic carbocycles. The van der Waals surface area contributed by atoms with E-state index >= 15 is 0 Å². The predicted molar refractivity (Wildman–Crippen MR) is 110 cm³/mol. The van der Waals surface area contributed by atoms with Crippen molar-refractivity contribution in [1.82, 2.24) is 0 Å². The van der Waals surface area contributed by atoms with Crippen LogP contribution in [0.1, 0.15) is 0 Å². The number of ether oxygens (including phenoxy) is 1. The van der Waals surface area contributed by atoms with E-state index in [0.29, 0.717) is 22.7 Å². The molecule has 8 nitrogen and oxygen atoms in total. The van der Waals surface area contributed by atoms with Crippen LogP contribution in [-0.4, -0.2) is 24.5 Å². The fourth-order valence-corrected chi connectivity index (χ4v) is 3.12. The Morgan fingerprint density at radius 2 is 1.90 bits per heavy atom. The van der Waals surface area contributed by atoms with Gasteiger partial charge in [-0.2, -0.15) is 0 Å². The second-order valence-electron chi connectivity index (χ2n) is 6.36. The van der Waals surface area contributed by atoms with E-state index in [1.54, 1.807) is 18.2 Å². The summed E-state index contributed by atoms with van der Waals surface area (Å²) in [6.07, 6.45) is 0. The van der Waals surface area contributed by atoms with E-state index < -0.39 is 4.92 Å². The van der Waals surface area contributed by atoms with Gasteiger partial charge in [-0.15, -0.1) is 0 Å². The highest BCUT2D eigenvalue weighted by molar-refractivity contribution is 6.08. The van der Waals surface area contributed by atoms with Crippen molar-refractivity contribution in [2.45, 2.75) is 0 Å². The number of carbonyl (C=O) groups excluding carboxylic acids is 1. The third-order valence-corrected chi connectivity index (χ3v) is 4.48. The maximum atomic E-state index is 12.4. The summed E-state index contributed by atoms with van der Waals surface area (Å²) < 4.78 is 11.3. The van der Waals surface area contributed by atoms with E-state index in [0.717, 1.165) is 16.4 Å². The van der Waals surface area contributed by atoms with E-state index in [1.165, 1.54) is 19.2 Å². The minimum Gasteiger partial charge on any atom is -0.495 e. The van der Waals surface area contributed by atoms with Gasteiger partial charge in [0.1, 0.15) is 16.9 Å². The van der Waals surface area contributed by atoms with Crippen LogP contribution in [0, 0.1) is 10.1 Å². The molecule has 29 heavy (non-hydrogen) atoms. The lowest BCUT2D eigenvalue weighted by atomic mass is 10.1. The molecule has 146 valence electrons. The Labute approximate surface area is 165 Å². The number of non-ortho nitro benzene ring substituents is 1. The summed E-state index contributed by atoms with van der Waals surface area (Å²) in [6.45, 7) is -0.0670. The number of nitrogens with zero attached hydrogens (tertiary/aromatic N) is 1. The number of hydrogen-bond donors (Lipinski definition) is 2. The number of para-hydroxylation sites is 1. The van der Waals surface area contributed by atoms with Gasteiger partial charge in [-0.3, -0.25) is 14.9 Å². The minimum atomic E-state index is -0.487. The average molecular weight is 391 g/mol. The zero-order valence-electron chi connectivity index (χ0n) is 15.5. The number of nitro benzene ring substituents is 1. The second kappa shape index (κ2) is 7.51. The molecule has 4 rings (SSSR count). The monoisotopic (exact) mass is 391 g/mol. The molecule has 1 heterocycles. The van der Waals surface area contributed by atoms with Crippen molar-refractivity contribution in [3.05, 3.63) is 70.8 Å². The first kappa shape index (κ1) is 18.3. The van der Waals surface area contributed by atoms with Crippen LogP contribution in [-0.2, 0) is 4.79 Å². The Morgan fingerprint density at radius 3 is 2.69 bits per heavy atom. The van der Waals surface area contributed by atoms with Crippen LogP contribution in [0.3, 0.4) is 0 Å². The topological polar surface area (TPSA) is 107 Å². The Kier molecular flexibility index (Phi) is 4.74. The van der Waals surface area contributed by atoms with Gasteiger partial charge >= 0.3 is 0 Å². The molecule has 1 aromatic heterocycles. The van der Waals surface area contributed by atoms with E-state index in [2.05, 4.69) is 10.6 Å². The van der Waals surface area contributed by atoms with Gasteiger partial charge in [-0.05, 0) is 18.2 Å². The van der Waals surface area contributed by atoms with Crippen LogP contribution in [0.4, 0.5) is 17.1 Å². The standard InChI is InChI=1S/C21H17N3O5/c1-28-20-10-16-15-7-2-3-8-18(15)29-19(16)11-17(20)23-21(25)12-22-13-5-4-6-14(9-13)24(26)27/h2-11,22H,12H2,1H3,(H,23,25). The van der Waals surface area contributed by atoms with Crippen molar-refractivity contribution in [1.29, 1.82) is 0 Å². The fourth-order valence-electron chi connectivity index (χ4n) is 3.12. The maximum Gasteiger partial charge on any atom is 0.271 e. The van der Waals surface area contributed by atoms with Crippen molar-refractivity contribution in [3.63, 3.8) is 0 Å². The van der Waals surface area contributed by atoms with Crippen molar-refractivity contribution in [3.8, 4) is 5.75 Å². The van der Waals surface area contributed by atoms with Crippen LogP contribution in [0.2, 0.25) is 0 Å². The highest BCUT2D eigenvalue weighted by Crippen LogP contribution is 2.36. The second-order valence-corrected chi connectivity index (χ2v) is 6.36. The third kappa shape index (κ3) is 3.68. The summed E-state index contributed by atoms with van der Waals surface area (Å²) in [7, 11) is 1.53. The summed E-state index contributed by atoms with van der Waals surface area (Å²) in [6, 6.07) is 17.2. The minimum absolute atomic E-state index is 0.0487. The number of hydrogen-bond acceptors (Lipinski definition) is 6. The quantitative estimate of drug-likeness (QED) is 0.369. The molecule has 2 N–H and O–H groups in total. The SMILES string of the molecule is COc1cc2c(cc1NC(=O)CNc1cccc([N+](=O)[O-])c1)oc1ccccc12. The molecule has 0 atom stereocenters. The van der Waals surface area contributed by atoms with Crippen LogP contribution < -0.4 is 15.4 Å². The van der Waals surface area contributed by atoms with E-state index in [4.69, 9.17) is 9.15 Å². The van der Waals surface area contributed by atoms with Gasteiger partial charge < -0.3 is 19.8 Å². The third-order valence-electron chi connectivity index (χ3n) is 4.48. The molecular weight excluding hydrogens is 374 g/mol. The van der Waals surface area contributed by atoms with Crippen molar-refractivity contribution >= 4 is 44.9 Å². The molecule has 8 heteroatoms. The van der Waals surface area contributed by atoms with Gasteiger partial charge in [-0.25, -0.2) is 0 Å². The van der Waals surface area contributed by atoms with Crippen molar-refractivity contribution < 1.29 is 18.9 Å². The van der Waals surface area contributed by atoms with Gasteiger partial charge in [0.15, 0.2) is 0 Å². The average Bonchev–Trinajstić information content (AvgIpc) is 3.09. The first-order valence-corrected chi connectivity index (χ1v) is 8.82. The molecule has 3 aromatic carbocycles. The van der Waals surface area contributed by atoms with Crippen LogP contribution in [0.25, 0.3) is 21.9 Å². The highest BCUT2D eigenvalue weighted by Gasteiger charge is 2.14. The van der Waals surface area contributed by atoms with Gasteiger partial charge in [0, 0.05) is 34.7 Å². The molecular formula is C21H17N3O5. The molecule has 0 bridgehead atoms. The Bertz CT molecular complexity index is 1230. The Hall–Kier alpha value is -4.07. The van der Waals surface area contributed by atoms with Gasteiger partial charge in [0.25, 0.3) is 5.69 Å². The molecule has 4 aromatic rings. The Morgan fingerprint density at radius 1 is 1.07 bits per heavy atom. The molecule has 0 saturated carbocycles. The van der Waals surface area contributed by atoms with E-state index in [1.807, 2.05) is 30.3 Å². The molecule has 0 fully saturated rings. The lowest BCUT2D eigenvalue weighted by molar-refractivity contribution is -0.384. The molecule has 0 saturated heterocycles. The van der Waals surface area contributed by atoms with Gasteiger partial charge in [0.2, 0.25) is 5.91 Å². The summed E-state index contributed by atoms with van der Waals surface area (Å²) in [5.41, 5.74) is 2.29. The number of amides is 1. The molecule has 0 radical (unpaired) electrons. The Balaban J connectivity index is 1.53. The van der Waals surface area contributed by atoms with Crippen LogP contribution in [0.15, 0.2) is 65.1 Å². The zero-order valence-corrected chi connectivity index (χ0v) is 15.5. The first-order chi connectivity index (χ1) is 14.0. The number of furan rings is 1. The molecule has 0 spiro atoms. The molecule has 0 aliphatic rings. The predicted octanol–water partition coefficient (Wildman–Crippen LogP) is 4.55. The number of rotatable bonds is 6. The van der Waals surface area contributed by atoms with Crippen molar-refractivity contribution in [2.75, 3.05) is 24.3 Å². The fraction of sp³-hybridized carbons (Fsp3) is 0.0952. The van der Waals surface area contributed by atoms with Crippen molar-refractivity contribution in [2.24, 2.45) is 0 Å². The largest absolute Gasteiger partial charge is 0.495 e. The number of benzene rings is 3. The lowest BCUT2D eigenvalue weighted by Gasteiger charge is -2.11. The number of anilines is 2. The molecule has 1 amide bonds. The highest BCUT2D eigenvalue weighted by atomic mass is 16.6. The first-order valence-electron chi connectivity index (χ1n) is 8.82. The number of methoxy groups -OCH3 is 1. The van der Waals surface area contributed by atoms with E-state index in [9.17, 15) is 14.9 Å². The zero-order chi connectivity index (χ0) is 20.4. The van der Waals surface area contributed by atoms with E-state index in [-0.39, 0.29) is 18.1 Å². The number of nitro groups is 1. The lowest BCUT2D eigenvalue weighted by Crippen LogP contribution is -2.22. The van der Waals surface area contributed by atoms with Crippen LogP contribution in [0.5, 0.6) is 5.75 Å². The smallest absolute Gasteiger partial charge is 0.271 e. The van der Waals surface area contributed by atoms with Crippen LogP contribution >= 0.6 is 0 Å². The normalized spacial score (nSPS) is 10.8. The molecule has 0 aliphatic heterocycles. The summed E-state index contributed by atoms with van der Waals surface area (Å²) in [5.74, 6) is 0.179. The number of fused-ring (bicyclic) bond motifs is 3. The van der Waals surface area contributed by atoms with Gasteiger partial charge in [-0.1, -0.05) is 24.3 Å². The summed E-state index contributed by atoms with van der Waals surface area (Å²) in [4.78, 5) is 22.8. The summed E-state index contributed by atoms with van der Waals surface area (Å²) in [5, 5.41) is 18.4. The maximum absolute atomic E-state index is 12.4. The van der Waals surface area contributed by atoms with Gasteiger partial charge in [0.05, 0.1) is 24.3 Å².